The molecule has 0 fully saturated rings. The molecular weight excluding hydrogens is 272 g/mol. The van der Waals surface area contributed by atoms with Crippen LogP contribution in [-0.4, -0.2) is 11.7 Å². The van der Waals surface area contributed by atoms with Crippen molar-refractivity contribution in [3.05, 3.63) is 28.8 Å². The number of rotatable bonds is 4. The molecule has 1 unspecified atom stereocenters. The lowest BCUT2D eigenvalue weighted by Crippen LogP contribution is -2.07. The minimum atomic E-state index is 0.424. The standard InChI is InChI=1S/C20H28O2/c1-3-4-5-6-15-12-18(21)20-17-11-14(2)7-8-16(17)9-10-22-19(20)13-15/h12-14,21H,3-11H2,1-2H3. The third-order valence-corrected chi connectivity index (χ3v) is 5.09. The zero-order valence-electron chi connectivity index (χ0n) is 14.0. The van der Waals surface area contributed by atoms with Crippen molar-refractivity contribution in [3.8, 4) is 11.5 Å². The van der Waals surface area contributed by atoms with Crippen molar-refractivity contribution in [3.63, 3.8) is 0 Å². The van der Waals surface area contributed by atoms with Crippen LogP contribution in [0.5, 0.6) is 11.5 Å². The van der Waals surface area contributed by atoms with Gasteiger partial charge in [-0.25, -0.2) is 0 Å². The molecule has 0 aromatic heterocycles. The van der Waals surface area contributed by atoms with Gasteiger partial charge in [0.15, 0.2) is 0 Å². The smallest absolute Gasteiger partial charge is 0.130 e. The lowest BCUT2D eigenvalue weighted by atomic mass is 9.80. The summed E-state index contributed by atoms with van der Waals surface area (Å²) in [6.07, 6.45) is 9.20. The molecule has 0 amide bonds. The van der Waals surface area contributed by atoms with Crippen LogP contribution in [0.2, 0.25) is 0 Å². The zero-order chi connectivity index (χ0) is 15.5. The van der Waals surface area contributed by atoms with E-state index in [1.54, 1.807) is 0 Å². The molecule has 0 saturated heterocycles. The Bertz CT molecular complexity index is 571. The van der Waals surface area contributed by atoms with E-state index in [-0.39, 0.29) is 0 Å². The molecule has 2 nitrogen and oxygen atoms in total. The number of ether oxygens (including phenoxy) is 1. The van der Waals surface area contributed by atoms with Gasteiger partial charge in [-0.1, -0.05) is 32.3 Å². The van der Waals surface area contributed by atoms with E-state index in [1.165, 1.54) is 42.4 Å². The minimum Gasteiger partial charge on any atom is -0.507 e. The molecule has 1 aromatic carbocycles. The Balaban J connectivity index is 1.94. The van der Waals surface area contributed by atoms with Gasteiger partial charge in [-0.2, -0.15) is 0 Å². The molecule has 0 radical (unpaired) electrons. The van der Waals surface area contributed by atoms with E-state index in [9.17, 15) is 5.11 Å². The van der Waals surface area contributed by atoms with Gasteiger partial charge in [0.2, 0.25) is 0 Å². The van der Waals surface area contributed by atoms with E-state index in [0.717, 1.165) is 43.6 Å². The van der Waals surface area contributed by atoms with Gasteiger partial charge in [-0.05, 0) is 61.3 Å². The lowest BCUT2D eigenvalue weighted by Gasteiger charge is -2.24. The second-order valence-electron chi connectivity index (χ2n) is 6.97. The second kappa shape index (κ2) is 6.76. The molecule has 0 spiro atoms. The summed E-state index contributed by atoms with van der Waals surface area (Å²) in [5.74, 6) is 2.03. The van der Waals surface area contributed by atoms with Gasteiger partial charge >= 0.3 is 0 Å². The Labute approximate surface area is 134 Å². The number of allylic oxidation sites excluding steroid dienone is 1. The first-order chi connectivity index (χ1) is 10.7. The van der Waals surface area contributed by atoms with Crippen molar-refractivity contribution in [1.82, 2.24) is 0 Å². The number of fused-ring (bicyclic) bond motifs is 2. The highest BCUT2D eigenvalue weighted by Gasteiger charge is 2.26. The van der Waals surface area contributed by atoms with E-state index in [0.29, 0.717) is 11.7 Å². The lowest BCUT2D eigenvalue weighted by molar-refractivity contribution is 0.319. The van der Waals surface area contributed by atoms with Crippen LogP contribution in [0.15, 0.2) is 17.7 Å². The summed E-state index contributed by atoms with van der Waals surface area (Å²) >= 11 is 0. The van der Waals surface area contributed by atoms with Crippen molar-refractivity contribution in [1.29, 1.82) is 0 Å². The van der Waals surface area contributed by atoms with Gasteiger partial charge < -0.3 is 9.84 Å². The number of aromatic hydroxyl groups is 1. The topological polar surface area (TPSA) is 29.5 Å². The number of benzene rings is 1. The van der Waals surface area contributed by atoms with Crippen molar-refractivity contribution >= 4 is 5.57 Å². The first-order valence-corrected chi connectivity index (χ1v) is 8.89. The van der Waals surface area contributed by atoms with Gasteiger partial charge in [0.1, 0.15) is 11.5 Å². The predicted octanol–water partition coefficient (Wildman–Crippen LogP) is 5.48. The van der Waals surface area contributed by atoms with Crippen molar-refractivity contribution in [2.45, 2.75) is 65.2 Å². The summed E-state index contributed by atoms with van der Waals surface area (Å²) in [6.45, 7) is 5.28. The Morgan fingerprint density at radius 1 is 1.23 bits per heavy atom. The SMILES string of the molecule is CCCCCc1cc(O)c2c(c1)OCCC1=C2CC(C)CC1. The van der Waals surface area contributed by atoms with Crippen LogP contribution in [0.4, 0.5) is 0 Å². The molecule has 1 atom stereocenters. The summed E-state index contributed by atoms with van der Waals surface area (Å²) in [5, 5.41) is 10.6. The Hall–Kier alpha value is -1.44. The quantitative estimate of drug-likeness (QED) is 0.746. The summed E-state index contributed by atoms with van der Waals surface area (Å²) < 4.78 is 6.00. The van der Waals surface area contributed by atoms with E-state index in [2.05, 4.69) is 19.9 Å². The third kappa shape index (κ3) is 3.16. The Kier molecular flexibility index (Phi) is 4.75. The maximum absolute atomic E-state index is 10.6. The number of hydrogen-bond acceptors (Lipinski definition) is 2. The molecule has 0 saturated carbocycles. The maximum Gasteiger partial charge on any atom is 0.130 e. The van der Waals surface area contributed by atoms with Gasteiger partial charge in [0.05, 0.1) is 12.2 Å². The first kappa shape index (κ1) is 15.5. The van der Waals surface area contributed by atoms with E-state index in [1.807, 2.05) is 6.07 Å². The molecule has 22 heavy (non-hydrogen) atoms. The summed E-state index contributed by atoms with van der Waals surface area (Å²) in [5.41, 5.74) is 5.06. The normalized spacial score (nSPS) is 20.9. The van der Waals surface area contributed by atoms with E-state index < -0.39 is 0 Å². The fourth-order valence-corrected chi connectivity index (χ4v) is 3.80. The molecule has 120 valence electrons. The van der Waals surface area contributed by atoms with Crippen LogP contribution >= 0.6 is 0 Å². The highest BCUT2D eigenvalue weighted by atomic mass is 16.5. The summed E-state index contributed by atoms with van der Waals surface area (Å²) in [7, 11) is 0. The van der Waals surface area contributed by atoms with Crippen LogP contribution in [0.3, 0.4) is 0 Å². The molecule has 1 aliphatic carbocycles. The van der Waals surface area contributed by atoms with Crippen molar-refractivity contribution in [2.24, 2.45) is 5.92 Å². The Morgan fingerprint density at radius 3 is 2.91 bits per heavy atom. The summed E-state index contributed by atoms with van der Waals surface area (Å²) in [4.78, 5) is 0. The highest BCUT2D eigenvalue weighted by molar-refractivity contribution is 5.79. The van der Waals surface area contributed by atoms with Crippen LogP contribution < -0.4 is 4.74 Å². The van der Waals surface area contributed by atoms with Crippen LogP contribution in [-0.2, 0) is 6.42 Å². The number of phenols is 1. The van der Waals surface area contributed by atoms with Crippen molar-refractivity contribution < 1.29 is 9.84 Å². The fraction of sp³-hybridized carbons (Fsp3) is 0.600. The molecule has 2 aliphatic rings. The van der Waals surface area contributed by atoms with Gasteiger partial charge in [0, 0.05) is 6.42 Å². The number of unbranched alkanes of at least 4 members (excludes halogenated alkanes) is 2. The number of aryl methyl sites for hydroxylation is 1. The molecule has 2 heteroatoms. The highest BCUT2D eigenvalue weighted by Crippen LogP contribution is 2.46. The molecule has 1 aromatic rings. The maximum atomic E-state index is 10.6. The molecular formula is C20H28O2. The largest absolute Gasteiger partial charge is 0.507 e. The van der Waals surface area contributed by atoms with Crippen LogP contribution in [0.25, 0.3) is 5.57 Å². The minimum absolute atomic E-state index is 0.424. The van der Waals surface area contributed by atoms with Crippen LogP contribution in [0, 0.1) is 5.92 Å². The molecule has 1 heterocycles. The zero-order valence-corrected chi connectivity index (χ0v) is 14.0. The van der Waals surface area contributed by atoms with Gasteiger partial charge in [0.25, 0.3) is 0 Å². The van der Waals surface area contributed by atoms with Crippen molar-refractivity contribution in [2.75, 3.05) is 6.61 Å². The number of phenolic OH excluding ortho intramolecular Hbond substituents is 1. The average molecular weight is 300 g/mol. The van der Waals surface area contributed by atoms with Gasteiger partial charge in [-0.15, -0.1) is 0 Å². The van der Waals surface area contributed by atoms with E-state index >= 15 is 0 Å². The number of hydrogen-bond donors (Lipinski definition) is 1. The monoisotopic (exact) mass is 300 g/mol. The Morgan fingerprint density at radius 2 is 2.09 bits per heavy atom. The van der Waals surface area contributed by atoms with Gasteiger partial charge in [-0.3, -0.25) is 0 Å². The fourth-order valence-electron chi connectivity index (χ4n) is 3.80. The average Bonchev–Trinajstić information content (AvgIpc) is 2.66. The summed E-state index contributed by atoms with van der Waals surface area (Å²) in [6, 6.07) is 4.13. The molecule has 0 bridgehead atoms. The van der Waals surface area contributed by atoms with Crippen LogP contribution in [0.1, 0.15) is 69.9 Å². The second-order valence-corrected chi connectivity index (χ2v) is 6.97. The first-order valence-electron chi connectivity index (χ1n) is 8.89. The molecule has 3 rings (SSSR count). The third-order valence-electron chi connectivity index (χ3n) is 5.09. The van der Waals surface area contributed by atoms with E-state index in [4.69, 9.17) is 4.74 Å². The molecule has 1 N–H and O–H groups in total. The predicted molar refractivity (Wildman–Crippen MR) is 91.4 cm³/mol. The molecule has 1 aliphatic heterocycles.